The van der Waals surface area contributed by atoms with Crippen LogP contribution in [0.4, 0.5) is 33.7 Å². The summed E-state index contributed by atoms with van der Waals surface area (Å²) < 4.78 is 96.6. The third-order valence-electron chi connectivity index (χ3n) is 8.51. The highest BCUT2D eigenvalue weighted by atomic mass is 32.2. The summed E-state index contributed by atoms with van der Waals surface area (Å²) in [6.45, 7) is 5.27. The molecule has 3 aromatic heterocycles. The standard InChI is InChI=1S/C33H31F5N6O5S2/c1-15(18-4-6-22(7-5-18)49-33(36,37)38)40-32-41-16(2)26(31-43-27-17(3)39-9-8-25(27)50-31)30(44-32)42-24-10-19(28(45)29(24)46)14-51(47,48)23-12-20(34)11-21(35)13-23/h4-9,11-13,15,19,24,28-29,45-46H,10,14H2,1-3H3,(H2,40,41,42,44)/t15-,19-,24-,28-,29+/m1/s1. The van der Waals surface area contributed by atoms with E-state index in [1.165, 1.54) is 35.6 Å². The van der Waals surface area contributed by atoms with Gasteiger partial charge in [-0.25, -0.2) is 27.2 Å². The van der Waals surface area contributed by atoms with Crippen molar-refractivity contribution >= 4 is 43.2 Å². The fraction of sp³-hybridized carbons (Fsp3) is 0.333. The molecule has 18 heteroatoms. The predicted molar refractivity (Wildman–Crippen MR) is 179 cm³/mol. The number of alkyl halides is 3. The fourth-order valence-corrected chi connectivity index (χ4v) is 8.80. The zero-order valence-corrected chi connectivity index (χ0v) is 28.7. The third-order valence-corrected chi connectivity index (χ3v) is 11.4. The van der Waals surface area contributed by atoms with Crippen LogP contribution in [-0.2, 0) is 9.84 Å². The number of nitrogens with zero attached hydrogens (tertiary/aromatic N) is 4. The lowest BCUT2D eigenvalue weighted by Crippen LogP contribution is -2.36. The quantitative estimate of drug-likeness (QED) is 0.122. The molecule has 5 aromatic rings. The number of benzene rings is 2. The molecule has 5 atom stereocenters. The van der Waals surface area contributed by atoms with Crippen LogP contribution in [0.25, 0.3) is 20.8 Å². The molecule has 11 nitrogen and oxygen atoms in total. The van der Waals surface area contributed by atoms with Gasteiger partial charge in [0.1, 0.15) is 39.8 Å². The molecular weight excluding hydrogens is 720 g/mol. The number of anilines is 2. The van der Waals surface area contributed by atoms with Crippen LogP contribution in [-0.4, -0.2) is 68.9 Å². The Bertz CT molecular complexity index is 2170. The number of ether oxygens (including phenoxy) is 1. The van der Waals surface area contributed by atoms with E-state index in [0.29, 0.717) is 51.2 Å². The number of hydrogen-bond donors (Lipinski definition) is 4. The van der Waals surface area contributed by atoms with E-state index < -0.39 is 68.7 Å². The first-order chi connectivity index (χ1) is 24.0. The van der Waals surface area contributed by atoms with Crippen molar-refractivity contribution in [3.8, 4) is 16.3 Å². The first-order valence-corrected chi connectivity index (χ1v) is 18.0. The smallest absolute Gasteiger partial charge is 0.406 e. The van der Waals surface area contributed by atoms with E-state index in [9.17, 15) is 40.6 Å². The second kappa shape index (κ2) is 13.9. The molecule has 1 aliphatic carbocycles. The van der Waals surface area contributed by atoms with E-state index in [-0.39, 0.29) is 23.9 Å². The molecule has 0 aliphatic heterocycles. The Kier molecular flexibility index (Phi) is 9.88. The zero-order valence-electron chi connectivity index (χ0n) is 27.1. The summed E-state index contributed by atoms with van der Waals surface area (Å²) in [4.78, 5) is 17.8. The number of pyridine rings is 1. The summed E-state index contributed by atoms with van der Waals surface area (Å²) in [6, 6.07) is 7.59. The number of nitrogens with one attached hydrogen (secondary N) is 2. The van der Waals surface area contributed by atoms with Crippen LogP contribution in [0.15, 0.2) is 59.6 Å². The summed E-state index contributed by atoms with van der Waals surface area (Å²) in [7, 11) is -4.27. The van der Waals surface area contributed by atoms with Crippen molar-refractivity contribution in [2.45, 2.75) is 62.7 Å². The lowest BCUT2D eigenvalue weighted by atomic mass is 10.1. The van der Waals surface area contributed by atoms with Gasteiger partial charge in [0.2, 0.25) is 5.95 Å². The van der Waals surface area contributed by atoms with Crippen LogP contribution in [0.2, 0.25) is 0 Å². The van der Waals surface area contributed by atoms with Gasteiger partial charge in [-0.1, -0.05) is 12.1 Å². The van der Waals surface area contributed by atoms with Gasteiger partial charge >= 0.3 is 6.36 Å². The maximum atomic E-state index is 13.8. The predicted octanol–water partition coefficient (Wildman–Crippen LogP) is 6.11. The van der Waals surface area contributed by atoms with E-state index in [0.717, 1.165) is 4.70 Å². The van der Waals surface area contributed by atoms with E-state index in [2.05, 4.69) is 30.3 Å². The number of hydrogen-bond acceptors (Lipinski definition) is 12. The summed E-state index contributed by atoms with van der Waals surface area (Å²) >= 11 is 1.35. The van der Waals surface area contributed by atoms with Gasteiger partial charge in [0.25, 0.3) is 0 Å². The van der Waals surface area contributed by atoms with Gasteiger partial charge in [0.05, 0.1) is 50.5 Å². The summed E-state index contributed by atoms with van der Waals surface area (Å²) in [5.41, 5.74) is 2.87. The SMILES string of the molecule is Cc1nc(N[C@H](C)c2ccc(OC(F)(F)F)cc2)nc(N[C@@H]2C[C@H](CS(=O)(=O)c3cc(F)cc(F)c3)[C@@H](O)[C@H]2O)c1-c1nc2c(C)nccc2s1. The van der Waals surface area contributed by atoms with Gasteiger partial charge < -0.3 is 25.6 Å². The third kappa shape index (κ3) is 8.03. The number of aliphatic hydroxyl groups is 2. The normalized spacial score (nSPS) is 20.0. The second-order valence-corrected chi connectivity index (χ2v) is 15.3. The zero-order chi connectivity index (χ0) is 36.8. The van der Waals surface area contributed by atoms with E-state index in [1.54, 1.807) is 20.0 Å². The topological polar surface area (TPSA) is 159 Å². The molecule has 0 saturated heterocycles. The van der Waals surface area contributed by atoms with Crippen molar-refractivity contribution in [3.05, 3.63) is 83.3 Å². The number of aliphatic hydroxyl groups excluding tert-OH is 2. The first-order valence-electron chi connectivity index (χ1n) is 15.5. The Morgan fingerprint density at radius 3 is 2.31 bits per heavy atom. The van der Waals surface area contributed by atoms with Crippen molar-refractivity contribution < 1.29 is 45.3 Å². The number of aromatic nitrogens is 4. The first kappa shape index (κ1) is 36.3. The maximum absolute atomic E-state index is 13.8. The lowest BCUT2D eigenvalue weighted by molar-refractivity contribution is -0.274. The van der Waals surface area contributed by atoms with E-state index in [4.69, 9.17) is 4.98 Å². The van der Waals surface area contributed by atoms with E-state index >= 15 is 0 Å². The van der Waals surface area contributed by atoms with Crippen LogP contribution in [0.3, 0.4) is 0 Å². The largest absolute Gasteiger partial charge is 0.573 e. The van der Waals surface area contributed by atoms with Crippen molar-refractivity contribution in [1.82, 2.24) is 19.9 Å². The molecule has 4 N–H and O–H groups in total. The van der Waals surface area contributed by atoms with Crippen LogP contribution in [0.5, 0.6) is 5.75 Å². The molecule has 270 valence electrons. The molecule has 3 heterocycles. The highest BCUT2D eigenvalue weighted by Crippen LogP contribution is 2.39. The number of halogens is 5. The minimum absolute atomic E-state index is 0.0593. The fourth-order valence-electron chi connectivity index (χ4n) is 6.02. The average molecular weight is 751 g/mol. The summed E-state index contributed by atoms with van der Waals surface area (Å²) in [6.07, 6.45) is -6.22. The molecule has 0 spiro atoms. The van der Waals surface area contributed by atoms with Crippen molar-refractivity contribution in [3.63, 3.8) is 0 Å². The molecule has 1 fully saturated rings. The summed E-state index contributed by atoms with van der Waals surface area (Å²) in [5, 5.41) is 28.8. The van der Waals surface area contributed by atoms with Gasteiger partial charge in [-0.3, -0.25) is 4.98 Å². The molecule has 1 aliphatic rings. The molecular formula is C33H31F5N6O5S2. The molecule has 0 amide bonds. The molecule has 51 heavy (non-hydrogen) atoms. The van der Waals surface area contributed by atoms with Crippen molar-refractivity contribution in [2.24, 2.45) is 5.92 Å². The van der Waals surface area contributed by atoms with Crippen molar-refractivity contribution in [2.75, 3.05) is 16.4 Å². The highest BCUT2D eigenvalue weighted by molar-refractivity contribution is 7.91. The molecule has 1 saturated carbocycles. The maximum Gasteiger partial charge on any atom is 0.573 e. The number of fused-ring (bicyclic) bond motifs is 1. The van der Waals surface area contributed by atoms with Crippen LogP contribution >= 0.6 is 11.3 Å². The molecule has 2 aromatic carbocycles. The average Bonchev–Trinajstić information content (AvgIpc) is 3.57. The summed E-state index contributed by atoms with van der Waals surface area (Å²) in [5.74, 6) is -3.92. The van der Waals surface area contributed by atoms with Crippen LogP contribution < -0.4 is 15.4 Å². The Morgan fingerprint density at radius 2 is 1.67 bits per heavy atom. The monoisotopic (exact) mass is 750 g/mol. The molecule has 6 rings (SSSR count). The van der Waals surface area contributed by atoms with Gasteiger partial charge in [0.15, 0.2) is 9.84 Å². The Labute approximate surface area is 292 Å². The van der Waals surface area contributed by atoms with Gasteiger partial charge in [0, 0.05) is 18.2 Å². The highest BCUT2D eigenvalue weighted by Gasteiger charge is 2.44. The molecule has 0 unspecified atom stereocenters. The van der Waals surface area contributed by atoms with Crippen LogP contribution in [0.1, 0.15) is 36.3 Å². The molecule has 0 bridgehead atoms. The number of thiazole rings is 1. The Balaban J connectivity index is 1.31. The number of sulfone groups is 1. The Hall–Kier alpha value is -4.52. The number of aryl methyl sites for hydroxylation is 2. The van der Waals surface area contributed by atoms with Gasteiger partial charge in [-0.2, -0.15) is 4.98 Å². The second-order valence-electron chi connectivity index (χ2n) is 12.2. The minimum Gasteiger partial charge on any atom is -0.406 e. The Morgan fingerprint density at radius 1 is 0.980 bits per heavy atom. The lowest BCUT2D eigenvalue weighted by Gasteiger charge is -2.22. The number of rotatable bonds is 10. The van der Waals surface area contributed by atoms with Gasteiger partial charge in [-0.05, 0) is 63.1 Å². The minimum atomic E-state index is -4.84. The van der Waals surface area contributed by atoms with Crippen LogP contribution in [0, 0.1) is 31.4 Å². The molecule has 0 radical (unpaired) electrons. The van der Waals surface area contributed by atoms with Gasteiger partial charge in [-0.15, -0.1) is 24.5 Å². The van der Waals surface area contributed by atoms with Crippen molar-refractivity contribution in [1.29, 1.82) is 0 Å². The van der Waals surface area contributed by atoms with E-state index in [1.807, 2.05) is 13.0 Å².